The monoisotopic (exact) mass is 324 g/mol. The van der Waals surface area contributed by atoms with Crippen molar-refractivity contribution in [2.45, 2.75) is 6.92 Å². The van der Waals surface area contributed by atoms with E-state index in [1.165, 1.54) is 6.20 Å². The number of amides is 1. The van der Waals surface area contributed by atoms with Crippen molar-refractivity contribution in [1.29, 1.82) is 0 Å². The van der Waals surface area contributed by atoms with Crippen LogP contribution in [0.2, 0.25) is 5.15 Å². The van der Waals surface area contributed by atoms with E-state index in [1.54, 1.807) is 18.2 Å². The molecule has 0 aliphatic heterocycles. The Kier molecular flexibility index (Phi) is 3.99. The van der Waals surface area contributed by atoms with Crippen molar-refractivity contribution in [3.63, 3.8) is 0 Å². The van der Waals surface area contributed by atoms with Crippen molar-refractivity contribution >= 4 is 39.1 Å². The van der Waals surface area contributed by atoms with Crippen molar-refractivity contribution < 1.29 is 4.79 Å². The van der Waals surface area contributed by atoms with Crippen LogP contribution in [0.15, 0.2) is 41.0 Å². The molecule has 18 heavy (non-hydrogen) atoms. The van der Waals surface area contributed by atoms with Crippen LogP contribution < -0.4 is 5.32 Å². The third-order valence-corrected chi connectivity index (χ3v) is 3.70. The van der Waals surface area contributed by atoms with Crippen LogP contribution in [0.4, 0.5) is 5.69 Å². The number of halogens is 2. The molecule has 2 aromatic rings. The van der Waals surface area contributed by atoms with E-state index in [0.717, 1.165) is 10.0 Å². The highest BCUT2D eigenvalue weighted by molar-refractivity contribution is 9.10. The second-order valence-electron chi connectivity index (χ2n) is 3.76. The van der Waals surface area contributed by atoms with Crippen molar-refractivity contribution in [2.24, 2.45) is 0 Å². The van der Waals surface area contributed by atoms with E-state index in [9.17, 15) is 4.79 Å². The molecule has 0 aliphatic carbocycles. The van der Waals surface area contributed by atoms with Gasteiger partial charge < -0.3 is 5.32 Å². The summed E-state index contributed by atoms with van der Waals surface area (Å²) in [5.41, 5.74) is 2.21. The number of anilines is 1. The second kappa shape index (κ2) is 5.50. The zero-order valence-corrected chi connectivity index (χ0v) is 11.9. The lowest BCUT2D eigenvalue weighted by atomic mass is 10.1. The standard InChI is InChI=1S/C13H10BrClN2O/c1-8-3-2-4-10(12(8)14)13(18)17-9-5-6-11(15)16-7-9/h2-7H,1H3,(H,17,18). The second-order valence-corrected chi connectivity index (χ2v) is 4.94. The van der Waals surface area contributed by atoms with Gasteiger partial charge in [0, 0.05) is 4.47 Å². The summed E-state index contributed by atoms with van der Waals surface area (Å²) in [6.45, 7) is 1.94. The van der Waals surface area contributed by atoms with Gasteiger partial charge in [-0.25, -0.2) is 4.98 Å². The molecule has 1 aromatic carbocycles. The molecule has 1 aromatic heterocycles. The summed E-state index contributed by atoms with van der Waals surface area (Å²) in [7, 11) is 0. The highest BCUT2D eigenvalue weighted by Crippen LogP contribution is 2.22. The molecule has 0 atom stereocenters. The average molecular weight is 326 g/mol. The number of carbonyl (C=O) groups is 1. The Morgan fingerprint density at radius 3 is 2.78 bits per heavy atom. The Morgan fingerprint density at radius 2 is 2.11 bits per heavy atom. The zero-order valence-electron chi connectivity index (χ0n) is 9.58. The van der Waals surface area contributed by atoms with Gasteiger partial charge in [0.2, 0.25) is 0 Å². The molecule has 0 fully saturated rings. The van der Waals surface area contributed by atoms with Crippen LogP contribution in [0.25, 0.3) is 0 Å². The van der Waals surface area contributed by atoms with Gasteiger partial charge in [-0.05, 0) is 46.6 Å². The topological polar surface area (TPSA) is 42.0 Å². The van der Waals surface area contributed by atoms with E-state index >= 15 is 0 Å². The molecule has 0 aliphatic rings. The third-order valence-electron chi connectivity index (χ3n) is 2.42. The predicted molar refractivity (Wildman–Crippen MR) is 76.1 cm³/mol. The number of nitrogens with zero attached hydrogens (tertiary/aromatic N) is 1. The fourth-order valence-corrected chi connectivity index (χ4v) is 2.03. The number of pyridine rings is 1. The van der Waals surface area contributed by atoms with Gasteiger partial charge in [0.1, 0.15) is 5.15 Å². The van der Waals surface area contributed by atoms with E-state index < -0.39 is 0 Å². The molecule has 0 unspecified atom stereocenters. The van der Waals surface area contributed by atoms with Crippen molar-refractivity contribution in [3.05, 3.63) is 57.3 Å². The number of aromatic nitrogens is 1. The van der Waals surface area contributed by atoms with Crippen LogP contribution in [0.1, 0.15) is 15.9 Å². The number of benzene rings is 1. The van der Waals surface area contributed by atoms with Gasteiger partial charge in [-0.2, -0.15) is 0 Å². The van der Waals surface area contributed by atoms with Gasteiger partial charge in [0.05, 0.1) is 17.4 Å². The van der Waals surface area contributed by atoms with Gasteiger partial charge in [0.25, 0.3) is 5.91 Å². The summed E-state index contributed by atoms with van der Waals surface area (Å²) in [6.07, 6.45) is 1.52. The first-order chi connectivity index (χ1) is 8.58. The first-order valence-corrected chi connectivity index (χ1v) is 6.43. The van der Waals surface area contributed by atoms with Gasteiger partial charge in [-0.15, -0.1) is 0 Å². The number of carbonyl (C=O) groups excluding carboxylic acids is 1. The SMILES string of the molecule is Cc1cccc(C(=O)Nc2ccc(Cl)nc2)c1Br. The largest absolute Gasteiger partial charge is 0.321 e. The molecule has 5 heteroatoms. The maximum absolute atomic E-state index is 12.1. The first-order valence-electron chi connectivity index (χ1n) is 5.26. The summed E-state index contributed by atoms with van der Waals surface area (Å²) in [5.74, 6) is -0.185. The first kappa shape index (κ1) is 13.1. The van der Waals surface area contributed by atoms with E-state index in [1.807, 2.05) is 19.1 Å². The van der Waals surface area contributed by atoms with E-state index in [-0.39, 0.29) is 5.91 Å². The summed E-state index contributed by atoms with van der Waals surface area (Å²) in [6, 6.07) is 8.87. The number of hydrogen-bond acceptors (Lipinski definition) is 2. The summed E-state index contributed by atoms with van der Waals surface area (Å²) in [4.78, 5) is 16.0. The molecular formula is C13H10BrClN2O. The van der Waals surface area contributed by atoms with Crippen LogP contribution in [0.3, 0.4) is 0 Å². The molecule has 0 bridgehead atoms. The maximum Gasteiger partial charge on any atom is 0.256 e. The molecular weight excluding hydrogens is 316 g/mol. The molecule has 2 rings (SSSR count). The lowest BCUT2D eigenvalue weighted by Gasteiger charge is -2.08. The summed E-state index contributed by atoms with van der Waals surface area (Å²) in [5, 5.41) is 3.16. The third kappa shape index (κ3) is 2.89. The van der Waals surface area contributed by atoms with Crippen molar-refractivity contribution in [2.75, 3.05) is 5.32 Å². The van der Waals surface area contributed by atoms with Gasteiger partial charge in [-0.1, -0.05) is 23.7 Å². The predicted octanol–water partition coefficient (Wildman–Crippen LogP) is 4.06. The Balaban J connectivity index is 2.22. The summed E-state index contributed by atoms with van der Waals surface area (Å²) < 4.78 is 0.796. The van der Waals surface area contributed by atoms with Crippen LogP contribution in [-0.4, -0.2) is 10.9 Å². The fraction of sp³-hybridized carbons (Fsp3) is 0.0769. The van der Waals surface area contributed by atoms with E-state index in [0.29, 0.717) is 16.4 Å². The Hall–Kier alpha value is -1.39. The van der Waals surface area contributed by atoms with Crippen LogP contribution in [0.5, 0.6) is 0 Å². The van der Waals surface area contributed by atoms with Crippen LogP contribution in [-0.2, 0) is 0 Å². The molecule has 0 radical (unpaired) electrons. The highest BCUT2D eigenvalue weighted by atomic mass is 79.9. The number of nitrogens with one attached hydrogen (secondary N) is 1. The van der Waals surface area contributed by atoms with Gasteiger partial charge >= 0.3 is 0 Å². The molecule has 92 valence electrons. The smallest absolute Gasteiger partial charge is 0.256 e. The summed E-state index contributed by atoms with van der Waals surface area (Å²) >= 11 is 9.09. The molecule has 0 saturated carbocycles. The Labute approximate surface area is 118 Å². The molecule has 1 N–H and O–H groups in total. The molecule has 0 spiro atoms. The van der Waals surface area contributed by atoms with Crippen LogP contribution >= 0.6 is 27.5 Å². The van der Waals surface area contributed by atoms with Crippen LogP contribution in [0, 0.1) is 6.92 Å². The minimum Gasteiger partial charge on any atom is -0.321 e. The van der Waals surface area contributed by atoms with E-state index in [2.05, 4.69) is 26.2 Å². The lowest BCUT2D eigenvalue weighted by Crippen LogP contribution is -2.13. The molecule has 1 amide bonds. The fourth-order valence-electron chi connectivity index (χ4n) is 1.47. The average Bonchev–Trinajstić information content (AvgIpc) is 2.35. The molecule has 3 nitrogen and oxygen atoms in total. The molecule has 1 heterocycles. The molecule has 0 saturated heterocycles. The number of hydrogen-bond donors (Lipinski definition) is 1. The van der Waals surface area contributed by atoms with E-state index in [4.69, 9.17) is 11.6 Å². The Bertz CT molecular complexity index is 584. The van der Waals surface area contributed by atoms with Crippen molar-refractivity contribution in [1.82, 2.24) is 4.98 Å². The Morgan fingerprint density at radius 1 is 1.33 bits per heavy atom. The number of aryl methyl sites for hydroxylation is 1. The van der Waals surface area contributed by atoms with Gasteiger partial charge in [0.15, 0.2) is 0 Å². The number of rotatable bonds is 2. The minimum atomic E-state index is -0.185. The highest BCUT2D eigenvalue weighted by Gasteiger charge is 2.11. The maximum atomic E-state index is 12.1. The minimum absolute atomic E-state index is 0.185. The van der Waals surface area contributed by atoms with Crippen molar-refractivity contribution in [3.8, 4) is 0 Å². The normalized spacial score (nSPS) is 10.2. The van der Waals surface area contributed by atoms with Gasteiger partial charge in [-0.3, -0.25) is 4.79 Å². The lowest BCUT2D eigenvalue weighted by molar-refractivity contribution is 0.102. The zero-order chi connectivity index (χ0) is 13.1. The quantitative estimate of drug-likeness (QED) is 0.846.